The molecule has 0 unspecified atom stereocenters. The number of hydrogen-bond donors (Lipinski definition) is 0. The van der Waals surface area contributed by atoms with Crippen molar-refractivity contribution in [3.63, 3.8) is 0 Å². The van der Waals surface area contributed by atoms with Gasteiger partial charge in [-0.15, -0.1) is 0 Å². The molecule has 0 radical (unpaired) electrons. The molecular formula is C14H16N2O2. The van der Waals surface area contributed by atoms with Gasteiger partial charge in [-0.3, -0.25) is 9.59 Å². The van der Waals surface area contributed by atoms with Gasteiger partial charge in [-0.2, -0.15) is 0 Å². The maximum absolute atomic E-state index is 12.3. The van der Waals surface area contributed by atoms with Crippen LogP contribution in [0.15, 0.2) is 12.1 Å². The molecule has 4 nitrogen and oxygen atoms in total. The standard InChI is InChI=1S/C14H16N2O2/c1-3-15-7-9-5-6-10-11(12(9)14(15)18)8-16(4-2)13(10)17/h5-6H,3-4,7-8H2,1-2H3. The lowest BCUT2D eigenvalue weighted by Crippen LogP contribution is -2.24. The van der Waals surface area contributed by atoms with E-state index in [0.717, 1.165) is 16.7 Å². The topological polar surface area (TPSA) is 40.6 Å². The van der Waals surface area contributed by atoms with Gasteiger partial charge in [-0.05, 0) is 31.0 Å². The quantitative estimate of drug-likeness (QED) is 0.793. The fraction of sp³-hybridized carbons (Fsp3) is 0.429. The summed E-state index contributed by atoms with van der Waals surface area (Å²) in [5.41, 5.74) is 3.48. The molecule has 1 aromatic rings. The van der Waals surface area contributed by atoms with E-state index in [-0.39, 0.29) is 11.8 Å². The van der Waals surface area contributed by atoms with E-state index in [1.165, 1.54) is 0 Å². The largest absolute Gasteiger partial charge is 0.335 e. The molecule has 2 aliphatic heterocycles. The van der Waals surface area contributed by atoms with E-state index in [0.29, 0.717) is 31.7 Å². The summed E-state index contributed by atoms with van der Waals surface area (Å²) in [5.74, 6) is 0.133. The summed E-state index contributed by atoms with van der Waals surface area (Å²) in [6.45, 7) is 6.61. The van der Waals surface area contributed by atoms with Gasteiger partial charge in [0.2, 0.25) is 0 Å². The third kappa shape index (κ3) is 1.32. The SMILES string of the molecule is CCN1Cc2c(ccc3c2C(=O)N(CC)C3)C1=O. The van der Waals surface area contributed by atoms with Gasteiger partial charge in [0.25, 0.3) is 11.8 Å². The van der Waals surface area contributed by atoms with E-state index in [1.807, 2.05) is 30.9 Å². The van der Waals surface area contributed by atoms with Crippen molar-refractivity contribution in [3.05, 3.63) is 34.4 Å². The molecule has 2 heterocycles. The minimum absolute atomic E-state index is 0.0537. The second kappa shape index (κ2) is 3.83. The average Bonchev–Trinajstić information content (AvgIpc) is 2.88. The zero-order valence-electron chi connectivity index (χ0n) is 10.7. The van der Waals surface area contributed by atoms with Crippen molar-refractivity contribution in [2.75, 3.05) is 13.1 Å². The number of fused-ring (bicyclic) bond motifs is 3. The fourth-order valence-corrected chi connectivity index (χ4v) is 2.84. The van der Waals surface area contributed by atoms with Crippen LogP contribution in [0.4, 0.5) is 0 Å². The van der Waals surface area contributed by atoms with E-state index in [1.54, 1.807) is 4.90 Å². The smallest absolute Gasteiger partial charge is 0.254 e. The fourth-order valence-electron chi connectivity index (χ4n) is 2.84. The number of rotatable bonds is 2. The van der Waals surface area contributed by atoms with Crippen LogP contribution in [0.2, 0.25) is 0 Å². The van der Waals surface area contributed by atoms with Crippen molar-refractivity contribution in [1.29, 1.82) is 0 Å². The van der Waals surface area contributed by atoms with Crippen molar-refractivity contribution in [2.24, 2.45) is 0 Å². The van der Waals surface area contributed by atoms with Gasteiger partial charge in [-0.1, -0.05) is 6.07 Å². The molecule has 4 heteroatoms. The molecule has 94 valence electrons. The maximum atomic E-state index is 12.3. The zero-order valence-corrected chi connectivity index (χ0v) is 10.7. The molecule has 0 aliphatic carbocycles. The van der Waals surface area contributed by atoms with E-state index < -0.39 is 0 Å². The Labute approximate surface area is 106 Å². The van der Waals surface area contributed by atoms with Crippen LogP contribution in [0.5, 0.6) is 0 Å². The highest BCUT2D eigenvalue weighted by atomic mass is 16.2. The predicted molar refractivity (Wildman–Crippen MR) is 67.3 cm³/mol. The summed E-state index contributed by atoms with van der Waals surface area (Å²) in [5, 5.41) is 0. The van der Waals surface area contributed by atoms with Crippen LogP contribution in [0.1, 0.15) is 45.7 Å². The van der Waals surface area contributed by atoms with Gasteiger partial charge in [0.05, 0.1) is 5.56 Å². The monoisotopic (exact) mass is 244 g/mol. The molecule has 2 aliphatic rings. The molecule has 2 amide bonds. The maximum Gasteiger partial charge on any atom is 0.254 e. The van der Waals surface area contributed by atoms with Gasteiger partial charge in [0, 0.05) is 31.7 Å². The summed E-state index contributed by atoms with van der Waals surface area (Å²) in [7, 11) is 0. The Hall–Kier alpha value is -1.84. The second-order valence-electron chi connectivity index (χ2n) is 4.76. The molecular weight excluding hydrogens is 228 g/mol. The molecule has 0 atom stereocenters. The van der Waals surface area contributed by atoms with E-state index in [2.05, 4.69) is 0 Å². The third-order valence-corrected chi connectivity index (χ3v) is 3.89. The predicted octanol–water partition coefficient (Wildman–Crippen LogP) is 1.64. The van der Waals surface area contributed by atoms with Crippen LogP contribution in [-0.2, 0) is 13.1 Å². The van der Waals surface area contributed by atoms with Crippen molar-refractivity contribution in [2.45, 2.75) is 26.9 Å². The molecule has 0 aromatic heterocycles. The van der Waals surface area contributed by atoms with Gasteiger partial charge in [-0.25, -0.2) is 0 Å². The van der Waals surface area contributed by atoms with Gasteiger partial charge >= 0.3 is 0 Å². The third-order valence-electron chi connectivity index (χ3n) is 3.89. The zero-order chi connectivity index (χ0) is 12.9. The number of carbonyl (C=O) groups excluding carboxylic acids is 2. The number of hydrogen-bond acceptors (Lipinski definition) is 2. The van der Waals surface area contributed by atoms with Gasteiger partial charge in [0.1, 0.15) is 0 Å². The Morgan fingerprint density at radius 2 is 1.67 bits per heavy atom. The molecule has 0 spiro atoms. The van der Waals surface area contributed by atoms with E-state index >= 15 is 0 Å². The van der Waals surface area contributed by atoms with Gasteiger partial charge < -0.3 is 9.80 Å². The summed E-state index contributed by atoms with van der Waals surface area (Å²) < 4.78 is 0. The van der Waals surface area contributed by atoms with E-state index in [9.17, 15) is 9.59 Å². The number of carbonyl (C=O) groups is 2. The first kappa shape index (κ1) is 11.3. The molecule has 0 N–H and O–H groups in total. The highest BCUT2D eigenvalue weighted by Crippen LogP contribution is 2.33. The minimum atomic E-state index is 0.0537. The summed E-state index contributed by atoms with van der Waals surface area (Å²) in [4.78, 5) is 28.0. The van der Waals surface area contributed by atoms with Crippen molar-refractivity contribution < 1.29 is 9.59 Å². The number of benzene rings is 1. The van der Waals surface area contributed by atoms with Crippen LogP contribution in [0.25, 0.3) is 0 Å². The Balaban J connectivity index is 2.12. The normalized spacial score (nSPS) is 17.4. The van der Waals surface area contributed by atoms with Crippen molar-refractivity contribution in [1.82, 2.24) is 9.80 Å². The highest BCUT2D eigenvalue weighted by molar-refractivity contribution is 6.06. The molecule has 18 heavy (non-hydrogen) atoms. The molecule has 3 rings (SSSR count). The average molecular weight is 244 g/mol. The highest BCUT2D eigenvalue weighted by Gasteiger charge is 2.36. The number of nitrogens with zero attached hydrogens (tertiary/aromatic N) is 2. The Morgan fingerprint density at radius 3 is 2.33 bits per heavy atom. The van der Waals surface area contributed by atoms with Crippen LogP contribution in [0, 0.1) is 0 Å². The number of amides is 2. The summed E-state index contributed by atoms with van der Waals surface area (Å²) in [6.07, 6.45) is 0. The molecule has 0 saturated carbocycles. The molecule has 0 saturated heterocycles. The van der Waals surface area contributed by atoms with Crippen LogP contribution in [-0.4, -0.2) is 34.7 Å². The first-order valence-corrected chi connectivity index (χ1v) is 6.40. The Morgan fingerprint density at radius 1 is 1.00 bits per heavy atom. The van der Waals surface area contributed by atoms with Crippen molar-refractivity contribution in [3.8, 4) is 0 Å². The molecule has 1 aromatic carbocycles. The first-order valence-electron chi connectivity index (χ1n) is 6.40. The Kier molecular flexibility index (Phi) is 2.40. The lowest BCUT2D eigenvalue weighted by atomic mass is 9.99. The Bertz CT molecular complexity index is 551. The minimum Gasteiger partial charge on any atom is -0.335 e. The lowest BCUT2D eigenvalue weighted by molar-refractivity contribution is 0.0771. The van der Waals surface area contributed by atoms with Crippen LogP contribution in [0.3, 0.4) is 0 Å². The van der Waals surface area contributed by atoms with Crippen molar-refractivity contribution >= 4 is 11.8 Å². The molecule has 0 fully saturated rings. The molecule has 0 bridgehead atoms. The summed E-state index contributed by atoms with van der Waals surface area (Å²) >= 11 is 0. The second-order valence-corrected chi connectivity index (χ2v) is 4.76. The van der Waals surface area contributed by atoms with Crippen LogP contribution < -0.4 is 0 Å². The first-order chi connectivity index (χ1) is 8.67. The van der Waals surface area contributed by atoms with Crippen LogP contribution >= 0.6 is 0 Å². The van der Waals surface area contributed by atoms with E-state index in [4.69, 9.17) is 0 Å². The summed E-state index contributed by atoms with van der Waals surface area (Å²) in [6, 6.07) is 3.80. The lowest BCUT2D eigenvalue weighted by Gasteiger charge is -2.12. The van der Waals surface area contributed by atoms with Gasteiger partial charge in [0.15, 0.2) is 0 Å².